The lowest BCUT2D eigenvalue weighted by atomic mass is 10.3. The lowest BCUT2D eigenvalue weighted by Gasteiger charge is -1.72. The van der Waals surface area contributed by atoms with Gasteiger partial charge in [0.1, 0.15) is 0 Å². The SMILES string of the molecule is C=C=C=C1C=CC=C1. The van der Waals surface area contributed by atoms with Gasteiger partial charge < -0.3 is 0 Å². The van der Waals surface area contributed by atoms with Crippen molar-refractivity contribution in [1.29, 1.82) is 0 Å². The van der Waals surface area contributed by atoms with Crippen LogP contribution in [0.4, 0.5) is 0 Å². The minimum Gasteiger partial charge on any atom is -0.0775 e. The Morgan fingerprint density at radius 1 is 1.25 bits per heavy atom. The van der Waals surface area contributed by atoms with Crippen molar-refractivity contribution in [3.8, 4) is 0 Å². The van der Waals surface area contributed by atoms with Gasteiger partial charge in [-0.2, -0.15) is 0 Å². The second-order valence-corrected chi connectivity index (χ2v) is 1.48. The molecule has 0 amide bonds. The Balaban J connectivity index is 3.08. The fourth-order valence-electron chi connectivity index (χ4n) is 0.559. The molecule has 0 N–H and O–H groups in total. The summed E-state index contributed by atoms with van der Waals surface area (Å²) in [4.78, 5) is 0. The van der Waals surface area contributed by atoms with Gasteiger partial charge in [0.2, 0.25) is 0 Å². The Bertz CT molecular complexity index is 202. The van der Waals surface area contributed by atoms with E-state index in [-0.39, 0.29) is 0 Å². The molecule has 0 aliphatic heterocycles. The molecule has 0 nitrogen and oxygen atoms in total. The van der Waals surface area contributed by atoms with E-state index in [1.807, 2.05) is 24.3 Å². The van der Waals surface area contributed by atoms with Crippen LogP contribution in [0.5, 0.6) is 0 Å². The van der Waals surface area contributed by atoms with Gasteiger partial charge in [0, 0.05) is 5.57 Å². The van der Waals surface area contributed by atoms with Crippen LogP contribution in [0.1, 0.15) is 0 Å². The Hall–Kier alpha value is -1.22. The predicted molar refractivity (Wildman–Crippen MR) is 34.4 cm³/mol. The minimum absolute atomic E-state index is 1.04. The first-order chi connectivity index (χ1) is 3.93. The van der Waals surface area contributed by atoms with Crippen LogP contribution in [-0.2, 0) is 0 Å². The maximum absolute atomic E-state index is 3.40. The quantitative estimate of drug-likeness (QED) is 0.410. The molecule has 0 fully saturated rings. The van der Waals surface area contributed by atoms with E-state index < -0.39 is 0 Å². The molecule has 1 aliphatic carbocycles. The zero-order valence-electron chi connectivity index (χ0n) is 4.52. The zero-order chi connectivity index (χ0) is 5.82. The van der Waals surface area contributed by atoms with Crippen molar-refractivity contribution in [3.05, 3.63) is 47.9 Å². The van der Waals surface area contributed by atoms with Crippen LogP contribution in [0, 0.1) is 0 Å². The van der Waals surface area contributed by atoms with Gasteiger partial charge in [0.25, 0.3) is 0 Å². The van der Waals surface area contributed by atoms with E-state index in [0.29, 0.717) is 0 Å². The summed E-state index contributed by atoms with van der Waals surface area (Å²) in [5.41, 5.74) is 6.44. The van der Waals surface area contributed by atoms with E-state index in [4.69, 9.17) is 0 Å². The van der Waals surface area contributed by atoms with Crippen LogP contribution in [0.25, 0.3) is 0 Å². The van der Waals surface area contributed by atoms with Gasteiger partial charge in [-0.05, 0) is 18.7 Å². The van der Waals surface area contributed by atoms with Gasteiger partial charge in [-0.15, -0.1) is 0 Å². The van der Waals surface area contributed by atoms with Crippen molar-refractivity contribution in [2.45, 2.75) is 0 Å². The Labute approximate surface area is 48.8 Å². The van der Waals surface area contributed by atoms with Crippen molar-refractivity contribution in [1.82, 2.24) is 0 Å². The Morgan fingerprint density at radius 3 is 2.38 bits per heavy atom. The molecule has 0 aromatic rings. The van der Waals surface area contributed by atoms with Crippen molar-refractivity contribution in [2.75, 3.05) is 0 Å². The van der Waals surface area contributed by atoms with Crippen LogP contribution < -0.4 is 0 Å². The van der Waals surface area contributed by atoms with E-state index in [1.54, 1.807) is 0 Å². The molecule has 0 atom stereocenters. The van der Waals surface area contributed by atoms with Crippen molar-refractivity contribution >= 4 is 0 Å². The molecular formula is C8H6. The number of allylic oxidation sites excluding steroid dienone is 5. The number of hydrogen-bond acceptors (Lipinski definition) is 0. The molecule has 0 saturated heterocycles. The highest BCUT2D eigenvalue weighted by molar-refractivity contribution is 5.38. The van der Waals surface area contributed by atoms with Gasteiger partial charge >= 0.3 is 0 Å². The highest BCUT2D eigenvalue weighted by Crippen LogP contribution is 2.03. The number of rotatable bonds is 0. The second-order valence-electron chi connectivity index (χ2n) is 1.48. The molecule has 0 aromatic carbocycles. The summed E-state index contributed by atoms with van der Waals surface area (Å²) in [6.45, 7) is 3.40. The lowest BCUT2D eigenvalue weighted by Crippen LogP contribution is -1.54. The van der Waals surface area contributed by atoms with Crippen LogP contribution >= 0.6 is 0 Å². The first-order valence-electron chi connectivity index (χ1n) is 2.43. The van der Waals surface area contributed by atoms with E-state index in [2.05, 4.69) is 18.0 Å². The third-order valence-electron chi connectivity index (χ3n) is 0.895. The molecular weight excluding hydrogens is 96.1 g/mol. The molecule has 0 unspecified atom stereocenters. The molecule has 0 aromatic heterocycles. The van der Waals surface area contributed by atoms with E-state index in [9.17, 15) is 0 Å². The molecule has 0 saturated carbocycles. The van der Waals surface area contributed by atoms with E-state index in [1.165, 1.54) is 0 Å². The minimum atomic E-state index is 1.04. The van der Waals surface area contributed by atoms with Crippen molar-refractivity contribution in [3.63, 3.8) is 0 Å². The fraction of sp³-hybridized carbons (Fsp3) is 0. The summed E-state index contributed by atoms with van der Waals surface area (Å²) in [5, 5.41) is 0. The predicted octanol–water partition coefficient (Wildman–Crippen LogP) is 1.98. The van der Waals surface area contributed by atoms with Crippen LogP contribution in [0.2, 0.25) is 0 Å². The molecule has 0 heteroatoms. The topological polar surface area (TPSA) is 0 Å². The fourth-order valence-corrected chi connectivity index (χ4v) is 0.559. The molecule has 0 radical (unpaired) electrons. The van der Waals surface area contributed by atoms with E-state index >= 15 is 0 Å². The average molecular weight is 102 g/mol. The van der Waals surface area contributed by atoms with Gasteiger partial charge in [0.05, 0.1) is 0 Å². The highest BCUT2D eigenvalue weighted by atomic mass is 13.9. The largest absolute Gasteiger partial charge is 0.0775 e. The maximum atomic E-state index is 3.40. The smallest absolute Gasteiger partial charge is 0.0248 e. The highest BCUT2D eigenvalue weighted by Gasteiger charge is 1.84. The van der Waals surface area contributed by atoms with Gasteiger partial charge in [0.15, 0.2) is 0 Å². The van der Waals surface area contributed by atoms with Gasteiger partial charge in [-0.1, -0.05) is 23.6 Å². The summed E-state index contributed by atoms with van der Waals surface area (Å²) in [6.07, 6.45) is 7.83. The molecule has 0 bridgehead atoms. The van der Waals surface area contributed by atoms with Gasteiger partial charge in [-0.3, -0.25) is 0 Å². The summed E-state index contributed by atoms with van der Waals surface area (Å²) < 4.78 is 0. The van der Waals surface area contributed by atoms with Crippen LogP contribution in [-0.4, -0.2) is 0 Å². The third kappa shape index (κ3) is 0.886. The first-order valence-corrected chi connectivity index (χ1v) is 2.43. The third-order valence-corrected chi connectivity index (χ3v) is 0.895. The van der Waals surface area contributed by atoms with E-state index in [0.717, 1.165) is 5.57 Å². The summed E-state index contributed by atoms with van der Waals surface area (Å²) in [5.74, 6) is 0. The Morgan fingerprint density at radius 2 is 1.88 bits per heavy atom. The summed E-state index contributed by atoms with van der Waals surface area (Å²) >= 11 is 0. The lowest BCUT2D eigenvalue weighted by molar-refractivity contribution is 1.82. The standard InChI is InChI=1S/C8H6/c1-2-5-8-6-3-4-7-8/h3-4,6-7H,1H2. The van der Waals surface area contributed by atoms with Crippen molar-refractivity contribution in [2.24, 2.45) is 0 Å². The zero-order valence-corrected chi connectivity index (χ0v) is 4.52. The molecule has 1 rings (SSSR count). The first kappa shape index (κ1) is 4.93. The molecule has 38 valence electrons. The summed E-state index contributed by atoms with van der Waals surface area (Å²) in [7, 11) is 0. The molecule has 0 spiro atoms. The number of hydrogen-bond donors (Lipinski definition) is 0. The average Bonchev–Trinajstić information content (AvgIpc) is 2.19. The summed E-state index contributed by atoms with van der Waals surface area (Å²) in [6, 6.07) is 0. The van der Waals surface area contributed by atoms with Gasteiger partial charge in [-0.25, -0.2) is 0 Å². The monoisotopic (exact) mass is 102 g/mol. The normalized spacial score (nSPS) is 13.8. The second kappa shape index (κ2) is 2.18. The Kier molecular flexibility index (Phi) is 1.34. The van der Waals surface area contributed by atoms with Crippen molar-refractivity contribution < 1.29 is 0 Å². The van der Waals surface area contributed by atoms with Crippen LogP contribution in [0.15, 0.2) is 47.9 Å². The maximum Gasteiger partial charge on any atom is 0.0248 e. The molecule has 0 heterocycles. The van der Waals surface area contributed by atoms with Crippen LogP contribution in [0.3, 0.4) is 0 Å². The molecule has 8 heavy (non-hydrogen) atoms. The molecule has 1 aliphatic rings.